The summed E-state index contributed by atoms with van der Waals surface area (Å²) in [7, 11) is 0. The quantitative estimate of drug-likeness (QED) is 0.0454. The SMILES string of the molecule is CC(=O)C(C)(C)OCc1cc(-c2ccc(Cl)cc2)n(Cc2ccc(Cl)cc2)n1.CC(=O)C(C)(C)OCc1cc(-c2ccc(Cl)cc2)n(Cc2ccccc2Cl)n1.CC(=O)C(C)(C)OCc1cc(-c2ccc(F)cc2)n(Cc2ccccc2Cl)n1.CC(=O)C(C)(C)OCc1cc(-c2ccccc2)n(Cc2cccc(Cl)c2)n1. The van der Waals surface area contributed by atoms with Gasteiger partial charge in [-0.1, -0.05) is 185 Å². The number of benzene rings is 8. The lowest BCUT2D eigenvalue weighted by Gasteiger charge is -2.21. The number of rotatable bonds is 28. The standard InChI is InChI=1S/2C22H22Cl2N2O2.C22H22ClFN2O2.C22H23ClN2O2/c1-15(27)22(2,3)28-14-20-12-21(17-6-10-19(24)11-7-17)26(25-20)13-16-4-8-18(23)9-5-16;1-15(27)22(2,3)28-14-19-12-21(16-8-10-18(23)11-9-16)26(25-19)13-17-6-4-5-7-20(17)24;1-15(27)22(2,3)28-14-19-12-21(16-8-10-18(24)11-9-16)26(25-19)13-17-6-4-5-7-20(17)23;1-16(26)22(2,3)27-15-20-13-21(18-9-5-4-6-10-18)25(24-20)14-17-8-7-11-19(23)12-17/h3*4-12H,13-14H2,1-3H3;4-13H,14-15H2,1-3H3. The van der Waals surface area contributed by atoms with Crippen molar-refractivity contribution in [3.8, 4) is 45.0 Å². The number of carbonyl (C=O) groups is 4. The van der Waals surface area contributed by atoms with Gasteiger partial charge in [-0.05, 0) is 231 Å². The maximum absolute atomic E-state index is 13.3. The molecule has 0 unspecified atom stereocenters. The highest BCUT2D eigenvalue weighted by molar-refractivity contribution is 6.32. The predicted molar refractivity (Wildman–Crippen MR) is 441 cm³/mol. The second-order valence-corrected chi connectivity index (χ2v) is 31.0. The van der Waals surface area contributed by atoms with E-state index in [9.17, 15) is 23.6 Å². The number of nitrogens with zero attached hydrogens (tertiary/aromatic N) is 8. The summed E-state index contributed by atoms with van der Waals surface area (Å²) in [5, 5.41) is 22.8. The maximum atomic E-state index is 13.3. The lowest BCUT2D eigenvalue weighted by Crippen LogP contribution is -2.32. The van der Waals surface area contributed by atoms with Crippen molar-refractivity contribution in [3.05, 3.63) is 305 Å². The van der Waals surface area contributed by atoms with Crippen molar-refractivity contribution < 1.29 is 42.5 Å². The topological polar surface area (TPSA) is 176 Å². The van der Waals surface area contributed by atoms with E-state index in [1.165, 1.54) is 39.8 Å². The van der Waals surface area contributed by atoms with Crippen molar-refractivity contribution >= 4 is 92.7 Å². The summed E-state index contributed by atoms with van der Waals surface area (Å²) in [5.41, 5.74) is 11.2. The van der Waals surface area contributed by atoms with Gasteiger partial charge in [-0.3, -0.25) is 37.9 Å². The number of Topliss-reactive ketones (excluding diaryl/α,β-unsaturated/α-hetero) is 4. The average Bonchev–Trinajstić information content (AvgIpc) is 1.69. The molecule has 0 aliphatic carbocycles. The van der Waals surface area contributed by atoms with E-state index in [0.717, 1.165) is 84.4 Å². The largest absolute Gasteiger partial charge is 0.361 e. The normalized spacial score (nSPS) is 11.6. The Bertz CT molecular complexity index is 4970. The maximum Gasteiger partial charge on any atom is 0.161 e. The Kier molecular flexibility index (Phi) is 30.0. The van der Waals surface area contributed by atoms with Gasteiger partial charge in [0.25, 0.3) is 0 Å². The summed E-state index contributed by atoms with van der Waals surface area (Å²) < 4.78 is 44.1. The molecule has 0 aliphatic rings. The minimum absolute atomic E-state index is 0.0101. The Morgan fingerprint density at radius 3 is 0.928 bits per heavy atom. The number of carbonyl (C=O) groups excluding carboxylic acids is 4. The molecule has 16 nitrogen and oxygen atoms in total. The molecular weight excluding hydrogens is 1530 g/mol. The zero-order chi connectivity index (χ0) is 80.4. The highest BCUT2D eigenvalue weighted by Crippen LogP contribution is 2.32. The van der Waals surface area contributed by atoms with Gasteiger partial charge in [0.1, 0.15) is 28.2 Å². The van der Waals surface area contributed by atoms with Crippen molar-refractivity contribution in [1.82, 2.24) is 39.1 Å². The molecular formula is C88H89Cl6FN8O8. The Morgan fingerprint density at radius 2 is 0.604 bits per heavy atom. The van der Waals surface area contributed by atoms with Crippen molar-refractivity contribution in [2.24, 2.45) is 0 Å². The first-order valence-electron chi connectivity index (χ1n) is 35.8. The van der Waals surface area contributed by atoms with Crippen LogP contribution in [0.1, 0.15) is 128 Å². The van der Waals surface area contributed by atoms with Gasteiger partial charge in [-0.15, -0.1) is 0 Å². The van der Waals surface area contributed by atoms with E-state index in [4.69, 9.17) is 104 Å². The van der Waals surface area contributed by atoms with Crippen LogP contribution in [0.2, 0.25) is 30.1 Å². The van der Waals surface area contributed by atoms with Crippen molar-refractivity contribution in [1.29, 1.82) is 0 Å². The molecule has 12 aromatic rings. The molecule has 0 bridgehead atoms. The van der Waals surface area contributed by atoms with Gasteiger partial charge in [0.2, 0.25) is 0 Å². The van der Waals surface area contributed by atoms with Crippen molar-refractivity contribution in [2.75, 3.05) is 0 Å². The van der Waals surface area contributed by atoms with Crippen molar-refractivity contribution in [2.45, 2.75) is 158 Å². The molecule has 0 atom stereocenters. The summed E-state index contributed by atoms with van der Waals surface area (Å²) in [6.45, 7) is 23.3. The number of halogens is 7. The number of hydrogen-bond donors (Lipinski definition) is 0. The van der Waals surface area contributed by atoms with Crippen LogP contribution in [0.15, 0.2) is 224 Å². The van der Waals surface area contributed by atoms with Crippen LogP contribution in [0.25, 0.3) is 45.0 Å². The monoisotopic (exact) mass is 1610 g/mol. The van der Waals surface area contributed by atoms with E-state index in [0.29, 0.717) is 62.0 Å². The fraction of sp³-hybridized carbons (Fsp3) is 0.273. The van der Waals surface area contributed by atoms with Crippen LogP contribution in [0.3, 0.4) is 0 Å². The fourth-order valence-corrected chi connectivity index (χ4v) is 11.6. The molecule has 0 amide bonds. The van der Waals surface area contributed by atoms with Gasteiger partial charge < -0.3 is 18.9 Å². The molecule has 0 saturated heterocycles. The average molecular weight is 1620 g/mol. The van der Waals surface area contributed by atoms with Crippen molar-refractivity contribution in [3.63, 3.8) is 0 Å². The molecule has 23 heteroatoms. The smallest absolute Gasteiger partial charge is 0.161 e. The molecule has 0 spiro atoms. The van der Waals surface area contributed by atoms with E-state index in [-0.39, 0.29) is 55.4 Å². The Labute approximate surface area is 678 Å². The zero-order valence-corrected chi connectivity index (χ0v) is 68.5. The van der Waals surface area contributed by atoms with Gasteiger partial charge >= 0.3 is 0 Å². The molecule has 8 aromatic carbocycles. The van der Waals surface area contributed by atoms with E-state index in [1.54, 1.807) is 67.5 Å². The van der Waals surface area contributed by atoms with Crippen LogP contribution in [-0.2, 0) is 90.7 Å². The van der Waals surface area contributed by atoms with Gasteiger partial charge in [0.15, 0.2) is 23.1 Å². The lowest BCUT2D eigenvalue weighted by atomic mass is 10.1. The summed E-state index contributed by atoms with van der Waals surface area (Å²) in [4.78, 5) is 46.8. The fourth-order valence-electron chi connectivity index (χ4n) is 10.6. The molecule has 0 fully saturated rings. The highest BCUT2D eigenvalue weighted by Gasteiger charge is 2.29. The van der Waals surface area contributed by atoms with Gasteiger partial charge in [-0.2, -0.15) is 20.4 Å². The molecule has 0 saturated carbocycles. The first-order valence-corrected chi connectivity index (χ1v) is 38.0. The Morgan fingerprint density at radius 1 is 0.315 bits per heavy atom. The van der Waals surface area contributed by atoms with Crippen LogP contribution in [-0.4, -0.2) is 84.7 Å². The van der Waals surface area contributed by atoms with Crippen LogP contribution >= 0.6 is 69.6 Å². The molecule has 4 heterocycles. The molecule has 0 N–H and O–H groups in total. The van der Waals surface area contributed by atoms with Crippen LogP contribution in [0.5, 0.6) is 0 Å². The first kappa shape index (κ1) is 85.8. The summed E-state index contributed by atoms with van der Waals surface area (Å²) >= 11 is 36.8. The number of hydrogen-bond acceptors (Lipinski definition) is 12. The summed E-state index contributed by atoms with van der Waals surface area (Å²) in [5.74, 6) is -0.412. The Hall–Kier alpha value is -9.21. The molecule has 0 aliphatic heterocycles. The van der Waals surface area contributed by atoms with Gasteiger partial charge in [-0.25, -0.2) is 4.39 Å². The second-order valence-electron chi connectivity index (χ2n) is 28.5. The second kappa shape index (κ2) is 38.8. The molecule has 0 radical (unpaired) electrons. The predicted octanol–water partition coefficient (Wildman–Crippen LogP) is 22.0. The highest BCUT2D eigenvalue weighted by atomic mass is 35.5. The van der Waals surface area contributed by atoms with Gasteiger partial charge in [0, 0.05) is 35.7 Å². The minimum Gasteiger partial charge on any atom is -0.361 e. The third-order valence-electron chi connectivity index (χ3n) is 18.5. The zero-order valence-electron chi connectivity index (χ0n) is 64.0. The van der Waals surface area contributed by atoms with E-state index < -0.39 is 22.4 Å². The van der Waals surface area contributed by atoms with E-state index in [1.807, 2.05) is 207 Å². The molecule has 111 heavy (non-hydrogen) atoms. The first-order chi connectivity index (χ1) is 52.6. The minimum atomic E-state index is -0.886. The molecule has 12 rings (SSSR count). The molecule has 4 aromatic heterocycles. The Balaban J connectivity index is 0.000000170. The van der Waals surface area contributed by atoms with Crippen LogP contribution in [0, 0.1) is 5.82 Å². The summed E-state index contributed by atoms with van der Waals surface area (Å²) in [6.07, 6.45) is 0. The number of ketones is 4. The van der Waals surface area contributed by atoms with E-state index >= 15 is 0 Å². The van der Waals surface area contributed by atoms with E-state index in [2.05, 4.69) is 17.2 Å². The third-order valence-corrected chi connectivity index (χ3v) is 20.3. The number of ether oxygens (including phenoxy) is 4. The number of aromatic nitrogens is 8. The summed E-state index contributed by atoms with van der Waals surface area (Å²) in [6, 6.07) is 70.1. The van der Waals surface area contributed by atoms with Gasteiger partial charge in [0.05, 0.1) is 98.2 Å². The lowest BCUT2D eigenvalue weighted by molar-refractivity contribution is -0.140. The van der Waals surface area contributed by atoms with Crippen LogP contribution in [0.4, 0.5) is 4.39 Å². The van der Waals surface area contributed by atoms with Crippen LogP contribution < -0.4 is 0 Å². The third kappa shape index (κ3) is 24.9. The molecule has 578 valence electrons.